The number of hydrogen-bond acceptors (Lipinski definition) is 4. The van der Waals surface area contributed by atoms with Gasteiger partial charge in [-0.05, 0) is 49.5 Å². The molecular formula is C19H23BrN4O2. The Balaban J connectivity index is 1.59. The van der Waals surface area contributed by atoms with E-state index < -0.39 is 5.60 Å². The second-order valence-corrected chi connectivity index (χ2v) is 8.82. The zero-order chi connectivity index (χ0) is 18.5. The molecule has 26 heavy (non-hydrogen) atoms. The van der Waals surface area contributed by atoms with Crippen LogP contribution in [0.5, 0.6) is 0 Å². The number of allylic oxidation sites excluding steroid dienone is 1. The largest absolute Gasteiger partial charge is 0.444 e. The van der Waals surface area contributed by atoms with E-state index in [9.17, 15) is 4.79 Å². The fourth-order valence-corrected chi connectivity index (χ4v) is 4.19. The molecule has 1 aliphatic heterocycles. The maximum absolute atomic E-state index is 12.4. The van der Waals surface area contributed by atoms with Gasteiger partial charge in [0.1, 0.15) is 5.60 Å². The van der Waals surface area contributed by atoms with Crippen LogP contribution in [0.3, 0.4) is 0 Å². The number of hydrogen-bond donors (Lipinski definition) is 0. The van der Waals surface area contributed by atoms with Crippen molar-refractivity contribution in [2.24, 2.45) is 0 Å². The van der Waals surface area contributed by atoms with E-state index >= 15 is 0 Å². The van der Waals surface area contributed by atoms with Crippen LogP contribution in [0.15, 0.2) is 18.5 Å². The molecular weight excluding hydrogens is 396 g/mol. The number of carbonyl (C=O) groups excluding carboxylic acids is 1. The average molecular weight is 419 g/mol. The summed E-state index contributed by atoms with van der Waals surface area (Å²) in [6.45, 7) is 7.07. The Morgan fingerprint density at radius 2 is 2.19 bits per heavy atom. The molecule has 1 amide bonds. The molecule has 0 saturated carbocycles. The topological polar surface area (TPSA) is 59.7 Å². The minimum Gasteiger partial charge on any atom is -0.444 e. The summed E-state index contributed by atoms with van der Waals surface area (Å²) in [7, 11) is 0. The highest BCUT2D eigenvalue weighted by Gasteiger charge is 2.30. The lowest BCUT2D eigenvalue weighted by Crippen LogP contribution is -2.42. The van der Waals surface area contributed by atoms with Gasteiger partial charge >= 0.3 is 6.09 Å². The molecule has 2 aromatic heterocycles. The number of rotatable bonds is 1. The molecule has 138 valence electrons. The molecule has 0 radical (unpaired) electrons. The number of halogens is 1. The summed E-state index contributed by atoms with van der Waals surface area (Å²) >= 11 is 3.62. The summed E-state index contributed by atoms with van der Waals surface area (Å²) in [5.41, 5.74) is 3.53. The summed E-state index contributed by atoms with van der Waals surface area (Å²) in [5, 5.41) is 0. The normalized spacial score (nSPS) is 20.2. The van der Waals surface area contributed by atoms with Gasteiger partial charge in [-0.1, -0.05) is 6.08 Å². The number of ether oxygens (including phenoxy) is 1. The molecule has 7 heteroatoms. The first-order chi connectivity index (χ1) is 12.3. The molecule has 4 rings (SSSR count). The first kappa shape index (κ1) is 17.5. The average Bonchev–Trinajstić information content (AvgIpc) is 3.17. The van der Waals surface area contributed by atoms with Crippen molar-refractivity contribution in [3.05, 3.63) is 35.6 Å². The number of carbonyl (C=O) groups is 1. The van der Waals surface area contributed by atoms with Gasteiger partial charge in [0.05, 0.1) is 23.3 Å². The molecule has 0 bridgehead atoms. The van der Waals surface area contributed by atoms with E-state index in [-0.39, 0.29) is 12.0 Å². The summed E-state index contributed by atoms with van der Waals surface area (Å²) in [5.74, 6) is 0.218. The highest BCUT2D eigenvalue weighted by molar-refractivity contribution is 9.15. The predicted molar refractivity (Wildman–Crippen MR) is 103 cm³/mol. The highest BCUT2D eigenvalue weighted by atomic mass is 79.9. The summed E-state index contributed by atoms with van der Waals surface area (Å²) in [6, 6.07) is 0. The van der Waals surface area contributed by atoms with Gasteiger partial charge in [0.2, 0.25) is 0 Å². The monoisotopic (exact) mass is 418 g/mol. The van der Waals surface area contributed by atoms with Crippen LogP contribution in [0, 0.1) is 0 Å². The maximum atomic E-state index is 12.4. The SMILES string of the molecule is CC(C)(C)OC(=O)N1CCCC(c2cn3c4c(ncc3n2)CC=C4Br)C1. The molecule has 3 heterocycles. The molecule has 6 nitrogen and oxygen atoms in total. The van der Waals surface area contributed by atoms with Crippen molar-refractivity contribution in [2.75, 3.05) is 13.1 Å². The molecule has 1 fully saturated rings. The number of fused-ring (bicyclic) bond motifs is 3. The fraction of sp³-hybridized carbons (Fsp3) is 0.526. The minimum absolute atomic E-state index is 0.218. The van der Waals surface area contributed by atoms with Crippen LogP contribution in [0.1, 0.15) is 56.6 Å². The van der Waals surface area contributed by atoms with Gasteiger partial charge in [-0.25, -0.2) is 9.78 Å². The second-order valence-electron chi connectivity index (χ2n) is 7.97. The molecule has 1 aliphatic carbocycles. The molecule has 0 aromatic carbocycles. The third-order valence-electron chi connectivity index (χ3n) is 4.79. The van der Waals surface area contributed by atoms with Crippen molar-refractivity contribution in [3.63, 3.8) is 0 Å². The van der Waals surface area contributed by atoms with E-state index in [1.807, 2.05) is 31.9 Å². The number of amides is 1. The third kappa shape index (κ3) is 3.24. The molecule has 1 unspecified atom stereocenters. The number of nitrogens with zero attached hydrogens (tertiary/aromatic N) is 4. The molecule has 1 atom stereocenters. The van der Waals surface area contributed by atoms with Crippen LogP contribution in [-0.4, -0.2) is 44.1 Å². The number of likely N-dealkylation sites (tertiary alicyclic amines) is 1. The van der Waals surface area contributed by atoms with Gasteiger partial charge in [-0.2, -0.15) is 0 Å². The van der Waals surface area contributed by atoms with Crippen molar-refractivity contribution < 1.29 is 9.53 Å². The van der Waals surface area contributed by atoms with Gasteiger partial charge in [-0.3, -0.25) is 9.38 Å². The molecule has 2 aliphatic rings. The standard InChI is InChI=1S/C19H23BrN4O2/c1-19(2,3)26-18(25)23-8-4-5-12(10-23)15-11-24-16(22-15)9-21-14-7-6-13(20)17(14)24/h6,9,11-12H,4-5,7-8,10H2,1-3H3. The van der Waals surface area contributed by atoms with Crippen LogP contribution in [0.2, 0.25) is 0 Å². The van der Waals surface area contributed by atoms with Crippen LogP contribution in [0.25, 0.3) is 10.1 Å². The fourth-order valence-electron chi connectivity index (χ4n) is 3.61. The molecule has 0 N–H and O–H groups in total. The zero-order valence-corrected chi connectivity index (χ0v) is 16.9. The van der Waals surface area contributed by atoms with Crippen LogP contribution < -0.4 is 0 Å². The first-order valence-electron chi connectivity index (χ1n) is 9.02. The van der Waals surface area contributed by atoms with E-state index in [1.165, 1.54) is 0 Å². The Kier molecular flexibility index (Phi) is 4.29. The van der Waals surface area contributed by atoms with Crippen LogP contribution in [0.4, 0.5) is 4.79 Å². The Morgan fingerprint density at radius 1 is 1.38 bits per heavy atom. The van der Waals surface area contributed by atoms with Crippen molar-refractivity contribution in [1.29, 1.82) is 0 Å². The Labute approximate surface area is 161 Å². The van der Waals surface area contributed by atoms with E-state index in [0.29, 0.717) is 6.54 Å². The lowest BCUT2D eigenvalue weighted by Gasteiger charge is -2.33. The maximum Gasteiger partial charge on any atom is 0.410 e. The van der Waals surface area contributed by atoms with Crippen LogP contribution in [-0.2, 0) is 11.2 Å². The summed E-state index contributed by atoms with van der Waals surface area (Å²) in [4.78, 5) is 23.5. The minimum atomic E-state index is -0.474. The van der Waals surface area contributed by atoms with Gasteiger partial charge in [0.25, 0.3) is 0 Å². The number of piperidine rings is 1. The summed E-state index contributed by atoms with van der Waals surface area (Å²) < 4.78 is 8.70. The van der Waals surface area contributed by atoms with Gasteiger partial charge in [0.15, 0.2) is 5.65 Å². The summed E-state index contributed by atoms with van der Waals surface area (Å²) in [6.07, 6.45) is 8.64. The van der Waals surface area contributed by atoms with Crippen molar-refractivity contribution in [1.82, 2.24) is 19.3 Å². The van der Waals surface area contributed by atoms with E-state index in [4.69, 9.17) is 9.72 Å². The smallest absolute Gasteiger partial charge is 0.410 e. The lowest BCUT2D eigenvalue weighted by molar-refractivity contribution is 0.0197. The highest BCUT2D eigenvalue weighted by Crippen LogP contribution is 2.33. The quantitative estimate of drug-likeness (QED) is 0.697. The Bertz CT molecular complexity index is 897. The van der Waals surface area contributed by atoms with E-state index in [2.05, 4.69) is 37.6 Å². The second kappa shape index (κ2) is 6.37. The van der Waals surface area contributed by atoms with Gasteiger partial charge < -0.3 is 9.64 Å². The number of imidazole rings is 1. The molecule has 2 aromatic rings. The number of aromatic nitrogens is 3. The molecule has 0 spiro atoms. The Hall–Kier alpha value is -1.89. The molecule has 1 saturated heterocycles. The third-order valence-corrected chi connectivity index (χ3v) is 5.49. The van der Waals surface area contributed by atoms with Crippen LogP contribution >= 0.6 is 15.9 Å². The van der Waals surface area contributed by atoms with Crippen molar-refractivity contribution in [3.8, 4) is 0 Å². The van der Waals surface area contributed by atoms with Gasteiger partial charge in [0, 0.05) is 36.1 Å². The van der Waals surface area contributed by atoms with E-state index in [1.54, 1.807) is 0 Å². The van der Waals surface area contributed by atoms with Crippen molar-refractivity contribution in [2.45, 2.75) is 51.6 Å². The zero-order valence-electron chi connectivity index (χ0n) is 15.3. The Morgan fingerprint density at radius 3 is 2.96 bits per heavy atom. The predicted octanol–water partition coefficient (Wildman–Crippen LogP) is 4.14. The van der Waals surface area contributed by atoms with Crippen molar-refractivity contribution >= 4 is 32.2 Å². The lowest BCUT2D eigenvalue weighted by atomic mass is 9.95. The first-order valence-corrected chi connectivity index (χ1v) is 9.82. The van der Waals surface area contributed by atoms with E-state index in [0.717, 1.165) is 53.0 Å². The van der Waals surface area contributed by atoms with Gasteiger partial charge in [-0.15, -0.1) is 0 Å².